The third-order valence-electron chi connectivity index (χ3n) is 2.72. The number of carbonyl (C=O) groups is 1. The molecule has 0 atom stereocenters. The van der Waals surface area contributed by atoms with E-state index in [9.17, 15) is 4.79 Å². The summed E-state index contributed by atoms with van der Waals surface area (Å²) in [5.74, 6) is 0.451. The molecule has 1 aliphatic rings. The minimum Gasteiger partial charge on any atom is -0.462 e. The molecule has 0 aliphatic heterocycles. The molecule has 5 heteroatoms. The van der Waals surface area contributed by atoms with Crippen molar-refractivity contribution in [2.75, 3.05) is 25.0 Å². The van der Waals surface area contributed by atoms with Crippen LogP contribution in [0.1, 0.15) is 30.1 Å². The second kappa shape index (κ2) is 6.35. The number of pyridine rings is 1. The van der Waals surface area contributed by atoms with E-state index in [0.717, 1.165) is 24.9 Å². The van der Waals surface area contributed by atoms with Crippen LogP contribution in [0.15, 0.2) is 18.3 Å². The predicted octanol–water partition coefficient (Wildman–Crippen LogP) is 1.42. The van der Waals surface area contributed by atoms with Gasteiger partial charge in [-0.15, -0.1) is 0 Å². The highest BCUT2D eigenvalue weighted by molar-refractivity contribution is 5.89. The minimum atomic E-state index is -0.327. The first-order valence-corrected chi connectivity index (χ1v) is 6.40. The number of carbonyl (C=O) groups excluding carboxylic acids is 1. The lowest BCUT2D eigenvalue weighted by atomic mass is 10.3. The molecule has 1 saturated carbocycles. The fourth-order valence-corrected chi connectivity index (χ4v) is 1.59. The van der Waals surface area contributed by atoms with Crippen LogP contribution in [0.5, 0.6) is 0 Å². The van der Waals surface area contributed by atoms with Crippen LogP contribution < -0.4 is 10.6 Å². The summed E-state index contributed by atoms with van der Waals surface area (Å²) in [4.78, 5) is 15.6. The van der Waals surface area contributed by atoms with Crippen LogP contribution in [0.25, 0.3) is 0 Å². The van der Waals surface area contributed by atoms with E-state index < -0.39 is 0 Å². The zero-order chi connectivity index (χ0) is 12.8. The lowest BCUT2D eigenvalue weighted by Crippen LogP contribution is -2.24. The predicted molar refractivity (Wildman–Crippen MR) is 69.7 cm³/mol. The molecule has 0 radical (unpaired) electrons. The highest BCUT2D eigenvalue weighted by Gasteiger charge is 2.19. The molecule has 1 fully saturated rings. The molecular formula is C13H19N3O2. The highest BCUT2D eigenvalue weighted by Crippen LogP contribution is 2.17. The topological polar surface area (TPSA) is 63.2 Å². The van der Waals surface area contributed by atoms with Gasteiger partial charge in [-0.3, -0.25) is 0 Å². The Morgan fingerprint density at radius 1 is 1.44 bits per heavy atom. The molecule has 0 amide bonds. The van der Waals surface area contributed by atoms with Crippen molar-refractivity contribution in [1.29, 1.82) is 0 Å². The number of nitrogens with one attached hydrogen (secondary N) is 2. The van der Waals surface area contributed by atoms with Crippen LogP contribution in [-0.4, -0.2) is 36.7 Å². The van der Waals surface area contributed by atoms with Gasteiger partial charge in [0.15, 0.2) is 0 Å². The Morgan fingerprint density at radius 3 is 2.89 bits per heavy atom. The summed E-state index contributed by atoms with van der Waals surface area (Å²) in [6.45, 7) is 3.94. The van der Waals surface area contributed by atoms with Gasteiger partial charge in [0.25, 0.3) is 0 Å². The molecule has 0 aromatic carbocycles. The molecule has 1 aromatic rings. The van der Waals surface area contributed by atoms with E-state index >= 15 is 0 Å². The number of nitrogens with zero attached hydrogens (tertiary/aromatic N) is 1. The fraction of sp³-hybridized carbons (Fsp3) is 0.538. The fourth-order valence-electron chi connectivity index (χ4n) is 1.59. The van der Waals surface area contributed by atoms with E-state index in [1.807, 2.05) is 0 Å². The SMILES string of the molecule is CCOC(=O)c1ccc(NCCNC2CC2)nc1. The summed E-state index contributed by atoms with van der Waals surface area (Å²) < 4.78 is 4.89. The van der Waals surface area contributed by atoms with E-state index in [-0.39, 0.29) is 5.97 Å². The van der Waals surface area contributed by atoms with E-state index in [2.05, 4.69) is 15.6 Å². The maximum atomic E-state index is 11.4. The molecule has 1 aliphatic carbocycles. The van der Waals surface area contributed by atoms with Crippen molar-refractivity contribution >= 4 is 11.8 Å². The molecule has 0 spiro atoms. The Bertz CT molecular complexity index is 388. The largest absolute Gasteiger partial charge is 0.462 e. The monoisotopic (exact) mass is 249 g/mol. The van der Waals surface area contributed by atoms with Crippen LogP contribution in [-0.2, 0) is 4.74 Å². The van der Waals surface area contributed by atoms with Crippen LogP contribution in [0, 0.1) is 0 Å². The number of esters is 1. The number of ether oxygens (including phenoxy) is 1. The smallest absolute Gasteiger partial charge is 0.339 e. The first-order valence-electron chi connectivity index (χ1n) is 6.40. The summed E-state index contributed by atoms with van der Waals surface area (Å²) in [6, 6.07) is 4.25. The Balaban J connectivity index is 1.73. The number of hydrogen-bond donors (Lipinski definition) is 2. The van der Waals surface area contributed by atoms with Gasteiger partial charge in [-0.05, 0) is 31.9 Å². The molecule has 2 rings (SSSR count). The first kappa shape index (κ1) is 12.8. The second-order valence-corrected chi connectivity index (χ2v) is 4.31. The van der Waals surface area contributed by atoms with Crippen molar-refractivity contribution < 1.29 is 9.53 Å². The van der Waals surface area contributed by atoms with Crippen molar-refractivity contribution in [1.82, 2.24) is 10.3 Å². The Labute approximate surface area is 107 Å². The van der Waals surface area contributed by atoms with Crippen molar-refractivity contribution in [3.05, 3.63) is 23.9 Å². The maximum absolute atomic E-state index is 11.4. The van der Waals surface area contributed by atoms with Crippen molar-refractivity contribution in [3.63, 3.8) is 0 Å². The average Bonchev–Trinajstić information content (AvgIpc) is 3.20. The second-order valence-electron chi connectivity index (χ2n) is 4.31. The summed E-state index contributed by atoms with van der Waals surface area (Å²) in [7, 11) is 0. The third-order valence-corrected chi connectivity index (χ3v) is 2.72. The lowest BCUT2D eigenvalue weighted by molar-refractivity contribution is 0.0526. The van der Waals surface area contributed by atoms with Crippen LogP contribution in [0.2, 0.25) is 0 Å². The molecular weight excluding hydrogens is 230 g/mol. The number of aromatic nitrogens is 1. The molecule has 98 valence electrons. The van der Waals surface area contributed by atoms with E-state index in [1.54, 1.807) is 19.1 Å². The van der Waals surface area contributed by atoms with Crippen LogP contribution >= 0.6 is 0 Å². The van der Waals surface area contributed by atoms with Gasteiger partial charge < -0.3 is 15.4 Å². The third kappa shape index (κ3) is 4.00. The number of rotatable bonds is 7. The normalized spacial score (nSPS) is 14.3. The van der Waals surface area contributed by atoms with E-state index in [4.69, 9.17) is 4.74 Å². The summed E-state index contributed by atoms with van der Waals surface area (Å²) in [5, 5.41) is 6.61. The Kier molecular flexibility index (Phi) is 4.52. The van der Waals surface area contributed by atoms with E-state index in [1.165, 1.54) is 19.0 Å². The van der Waals surface area contributed by atoms with E-state index in [0.29, 0.717) is 12.2 Å². The van der Waals surface area contributed by atoms with Gasteiger partial charge in [-0.2, -0.15) is 0 Å². The van der Waals surface area contributed by atoms with Gasteiger partial charge in [-0.1, -0.05) is 0 Å². The molecule has 2 N–H and O–H groups in total. The van der Waals surface area contributed by atoms with Gasteiger partial charge >= 0.3 is 5.97 Å². The quantitative estimate of drug-likeness (QED) is 0.565. The molecule has 0 saturated heterocycles. The van der Waals surface area contributed by atoms with Crippen LogP contribution in [0.4, 0.5) is 5.82 Å². The summed E-state index contributed by atoms with van der Waals surface area (Å²) >= 11 is 0. The standard InChI is InChI=1S/C13H19N3O2/c1-2-18-13(17)10-3-6-12(16-9-10)15-8-7-14-11-4-5-11/h3,6,9,11,14H,2,4-5,7-8H2,1H3,(H,15,16). The number of anilines is 1. The molecule has 5 nitrogen and oxygen atoms in total. The van der Waals surface area contributed by atoms with Gasteiger partial charge in [0.1, 0.15) is 5.82 Å². The first-order chi connectivity index (χ1) is 8.79. The summed E-state index contributed by atoms with van der Waals surface area (Å²) in [5.41, 5.74) is 0.485. The zero-order valence-electron chi connectivity index (χ0n) is 10.6. The van der Waals surface area contributed by atoms with Gasteiger partial charge in [0.2, 0.25) is 0 Å². The van der Waals surface area contributed by atoms with Gasteiger partial charge in [0, 0.05) is 25.3 Å². The van der Waals surface area contributed by atoms with Crippen molar-refractivity contribution in [2.24, 2.45) is 0 Å². The molecule has 0 bridgehead atoms. The molecule has 1 heterocycles. The van der Waals surface area contributed by atoms with Gasteiger partial charge in [-0.25, -0.2) is 9.78 Å². The average molecular weight is 249 g/mol. The zero-order valence-corrected chi connectivity index (χ0v) is 10.6. The van der Waals surface area contributed by atoms with Crippen molar-refractivity contribution in [2.45, 2.75) is 25.8 Å². The molecule has 18 heavy (non-hydrogen) atoms. The minimum absolute atomic E-state index is 0.327. The molecule has 1 aromatic heterocycles. The Hall–Kier alpha value is -1.62. The maximum Gasteiger partial charge on any atom is 0.339 e. The Morgan fingerprint density at radius 2 is 2.28 bits per heavy atom. The van der Waals surface area contributed by atoms with Crippen molar-refractivity contribution in [3.8, 4) is 0 Å². The molecule has 0 unspecified atom stereocenters. The highest BCUT2D eigenvalue weighted by atomic mass is 16.5. The van der Waals surface area contributed by atoms with Gasteiger partial charge in [0.05, 0.1) is 12.2 Å². The number of hydrogen-bond acceptors (Lipinski definition) is 5. The summed E-state index contributed by atoms with van der Waals surface area (Å²) in [6.07, 6.45) is 4.13. The van der Waals surface area contributed by atoms with Crippen LogP contribution in [0.3, 0.4) is 0 Å². The lowest BCUT2D eigenvalue weighted by Gasteiger charge is -2.07.